The van der Waals surface area contributed by atoms with Crippen LogP contribution in [0.3, 0.4) is 0 Å². The van der Waals surface area contributed by atoms with Crippen LogP contribution in [0.2, 0.25) is 0 Å². The topological polar surface area (TPSA) is 50.4 Å². The van der Waals surface area contributed by atoms with E-state index < -0.39 is 0 Å². The van der Waals surface area contributed by atoms with Gasteiger partial charge >= 0.3 is 0 Å². The Labute approximate surface area is 79.1 Å². The average Bonchev–Trinajstić information content (AvgIpc) is 2.19. The van der Waals surface area contributed by atoms with Crippen LogP contribution in [0.4, 0.5) is 0 Å². The molecule has 1 aliphatic heterocycles. The standard InChI is InChI=1S/C10H15N3/c11-6-2-1-3-7-13-10-4-8-12-9-5-10/h4,8,13H,2,5-7,9,11H2. The summed E-state index contributed by atoms with van der Waals surface area (Å²) >= 11 is 0. The van der Waals surface area contributed by atoms with Crippen LogP contribution in [0.25, 0.3) is 0 Å². The van der Waals surface area contributed by atoms with Crippen LogP contribution in [0.1, 0.15) is 12.8 Å². The lowest BCUT2D eigenvalue weighted by atomic mass is 10.2. The van der Waals surface area contributed by atoms with Crippen LogP contribution >= 0.6 is 0 Å². The van der Waals surface area contributed by atoms with Gasteiger partial charge in [-0.1, -0.05) is 5.92 Å². The smallest absolute Gasteiger partial charge is 0.0763 e. The van der Waals surface area contributed by atoms with Crippen molar-refractivity contribution in [3.63, 3.8) is 0 Å². The van der Waals surface area contributed by atoms with E-state index in [-0.39, 0.29) is 0 Å². The van der Waals surface area contributed by atoms with Crippen LogP contribution in [0.5, 0.6) is 0 Å². The Morgan fingerprint density at radius 3 is 3.15 bits per heavy atom. The molecule has 3 heteroatoms. The molecule has 0 aliphatic carbocycles. The second-order valence-electron chi connectivity index (χ2n) is 2.74. The minimum atomic E-state index is 0.641. The number of hydrogen-bond acceptors (Lipinski definition) is 3. The molecule has 0 saturated carbocycles. The summed E-state index contributed by atoms with van der Waals surface area (Å²) in [5.41, 5.74) is 6.52. The summed E-state index contributed by atoms with van der Waals surface area (Å²) in [5, 5.41) is 3.24. The summed E-state index contributed by atoms with van der Waals surface area (Å²) in [6.45, 7) is 2.23. The Bertz CT molecular complexity index is 255. The summed E-state index contributed by atoms with van der Waals surface area (Å²) in [6, 6.07) is 0. The highest BCUT2D eigenvalue weighted by Gasteiger charge is 1.96. The zero-order valence-electron chi connectivity index (χ0n) is 7.71. The fraction of sp³-hybridized carbons (Fsp3) is 0.500. The molecular formula is C10H15N3. The second kappa shape index (κ2) is 6.27. The van der Waals surface area contributed by atoms with Crippen molar-refractivity contribution in [2.75, 3.05) is 19.6 Å². The molecule has 0 aromatic carbocycles. The van der Waals surface area contributed by atoms with Gasteiger partial charge in [-0.25, -0.2) is 0 Å². The summed E-state index contributed by atoms with van der Waals surface area (Å²) in [5.74, 6) is 5.98. The van der Waals surface area contributed by atoms with Gasteiger partial charge in [0.05, 0.1) is 6.54 Å². The van der Waals surface area contributed by atoms with E-state index in [4.69, 9.17) is 5.73 Å². The van der Waals surface area contributed by atoms with E-state index in [0.29, 0.717) is 13.1 Å². The first-order valence-corrected chi connectivity index (χ1v) is 4.52. The second-order valence-corrected chi connectivity index (χ2v) is 2.74. The molecule has 1 heterocycles. The van der Waals surface area contributed by atoms with Crippen molar-refractivity contribution < 1.29 is 0 Å². The lowest BCUT2D eigenvalue weighted by Crippen LogP contribution is -2.16. The number of rotatable bonds is 3. The van der Waals surface area contributed by atoms with Crippen molar-refractivity contribution in [3.8, 4) is 11.8 Å². The van der Waals surface area contributed by atoms with E-state index in [9.17, 15) is 0 Å². The molecule has 0 bridgehead atoms. The molecule has 0 unspecified atom stereocenters. The molecule has 0 aromatic heterocycles. The SMILES string of the molecule is NCCC#CCNC1=CC=NCC1. The molecule has 1 aliphatic rings. The van der Waals surface area contributed by atoms with Crippen molar-refractivity contribution >= 4 is 6.21 Å². The summed E-state index contributed by atoms with van der Waals surface area (Å²) in [7, 11) is 0. The predicted octanol–water partition coefficient (Wildman–Crippen LogP) is 0.287. The summed E-state index contributed by atoms with van der Waals surface area (Å²) in [4.78, 5) is 4.09. The molecule has 0 saturated heterocycles. The molecule has 0 spiro atoms. The maximum atomic E-state index is 5.30. The first-order valence-electron chi connectivity index (χ1n) is 4.52. The quantitative estimate of drug-likeness (QED) is 0.609. The van der Waals surface area contributed by atoms with Crippen LogP contribution in [0, 0.1) is 11.8 Å². The highest BCUT2D eigenvalue weighted by atomic mass is 14.9. The van der Waals surface area contributed by atoms with Gasteiger partial charge in [0, 0.05) is 37.8 Å². The van der Waals surface area contributed by atoms with E-state index in [0.717, 1.165) is 19.4 Å². The molecular weight excluding hydrogens is 162 g/mol. The number of nitrogens with one attached hydrogen (secondary N) is 1. The fourth-order valence-corrected chi connectivity index (χ4v) is 1.01. The van der Waals surface area contributed by atoms with Crippen LogP contribution in [-0.4, -0.2) is 25.8 Å². The Morgan fingerprint density at radius 1 is 1.54 bits per heavy atom. The zero-order valence-corrected chi connectivity index (χ0v) is 7.71. The number of aliphatic imine (C=N–C) groups is 1. The molecule has 0 aromatic rings. The Balaban J connectivity index is 2.16. The van der Waals surface area contributed by atoms with Gasteiger partial charge in [0.2, 0.25) is 0 Å². The van der Waals surface area contributed by atoms with Gasteiger partial charge < -0.3 is 11.1 Å². The minimum Gasteiger partial charge on any atom is -0.377 e. The van der Waals surface area contributed by atoms with E-state index >= 15 is 0 Å². The van der Waals surface area contributed by atoms with Crippen molar-refractivity contribution in [2.45, 2.75) is 12.8 Å². The first kappa shape index (κ1) is 9.82. The van der Waals surface area contributed by atoms with Gasteiger partial charge in [-0.3, -0.25) is 4.99 Å². The summed E-state index contributed by atoms with van der Waals surface area (Å²) in [6.07, 6.45) is 5.60. The van der Waals surface area contributed by atoms with Gasteiger partial charge in [-0.2, -0.15) is 0 Å². The Hall–Kier alpha value is -1.27. The third-order valence-corrected chi connectivity index (χ3v) is 1.69. The zero-order chi connectivity index (χ0) is 9.36. The molecule has 0 radical (unpaired) electrons. The fourth-order valence-electron chi connectivity index (χ4n) is 1.01. The predicted molar refractivity (Wildman–Crippen MR) is 55.5 cm³/mol. The van der Waals surface area contributed by atoms with E-state index in [1.54, 1.807) is 0 Å². The lowest BCUT2D eigenvalue weighted by Gasteiger charge is -2.08. The van der Waals surface area contributed by atoms with Crippen molar-refractivity contribution in [3.05, 3.63) is 11.8 Å². The molecule has 0 amide bonds. The number of nitrogens with two attached hydrogens (primary N) is 1. The number of hydrogen-bond donors (Lipinski definition) is 2. The average molecular weight is 177 g/mol. The molecule has 3 N–H and O–H groups in total. The third-order valence-electron chi connectivity index (χ3n) is 1.69. The Morgan fingerprint density at radius 2 is 2.46 bits per heavy atom. The molecule has 0 fully saturated rings. The minimum absolute atomic E-state index is 0.641. The van der Waals surface area contributed by atoms with Gasteiger partial charge in [0.15, 0.2) is 0 Å². The van der Waals surface area contributed by atoms with Crippen LogP contribution < -0.4 is 11.1 Å². The van der Waals surface area contributed by atoms with Crippen molar-refractivity contribution in [1.82, 2.24) is 5.32 Å². The molecule has 0 atom stereocenters. The van der Waals surface area contributed by atoms with Gasteiger partial charge in [-0.15, -0.1) is 5.92 Å². The molecule has 1 rings (SSSR count). The highest BCUT2D eigenvalue weighted by Crippen LogP contribution is 1.99. The normalized spacial score (nSPS) is 14.4. The van der Waals surface area contributed by atoms with Crippen molar-refractivity contribution in [1.29, 1.82) is 0 Å². The van der Waals surface area contributed by atoms with E-state index in [1.807, 2.05) is 12.3 Å². The first-order chi connectivity index (χ1) is 6.43. The monoisotopic (exact) mass is 177 g/mol. The molecule has 70 valence electrons. The van der Waals surface area contributed by atoms with Gasteiger partial charge in [-0.05, 0) is 6.08 Å². The summed E-state index contributed by atoms with van der Waals surface area (Å²) < 4.78 is 0. The van der Waals surface area contributed by atoms with Crippen LogP contribution in [-0.2, 0) is 0 Å². The number of nitrogens with zero attached hydrogens (tertiary/aromatic N) is 1. The molecule has 13 heavy (non-hydrogen) atoms. The molecule has 3 nitrogen and oxygen atoms in total. The van der Waals surface area contributed by atoms with E-state index in [1.165, 1.54) is 5.70 Å². The third kappa shape index (κ3) is 4.34. The maximum Gasteiger partial charge on any atom is 0.0763 e. The Kier molecular flexibility index (Phi) is 4.73. The van der Waals surface area contributed by atoms with Crippen molar-refractivity contribution in [2.24, 2.45) is 10.7 Å². The largest absolute Gasteiger partial charge is 0.377 e. The maximum absolute atomic E-state index is 5.30. The van der Waals surface area contributed by atoms with Gasteiger partial charge in [0.1, 0.15) is 0 Å². The number of allylic oxidation sites excluding steroid dienone is 1. The highest BCUT2D eigenvalue weighted by molar-refractivity contribution is 5.72. The van der Waals surface area contributed by atoms with E-state index in [2.05, 4.69) is 22.2 Å². The number of dihydropyridines is 1. The van der Waals surface area contributed by atoms with Gasteiger partial charge in [0.25, 0.3) is 0 Å². The lowest BCUT2D eigenvalue weighted by molar-refractivity contribution is 0.808. The van der Waals surface area contributed by atoms with Crippen LogP contribution in [0.15, 0.2) is 16.8 Å².